The molecule has 152 valence electrons. The first kappa shape index (κ1) is 20.9. The third-order valence-electron chi connectivity index (χ3n) is 4.27. The summed E-state index contributed by atoms with van der Waals surface area (Å²) in [6, 6.07) is 15.6. The van der Waals surface area contributed by atoms with Gasteiger partial charge in [-0.3, -0.25) is 0 Å². The molecule has 29 heavy (non-hydrogen) atoms. The Morgan fingerprint density at radius 1 is 1.17 bits per heavy atom. The summed E-state index contributed by atoms with van der Waals surface area (Å²) in [5.41, 5.74) is 2.95. The highest BCUT2D eigenvalue weighted by molar-refractivity contribution is 7.98. The fraction of sp³-hybridized carbons (Fsp3) is 0.261. The van der Waals surface area contributed by atoms with E-state index in [0.29, 0.717) is 24.7 Å². The second-order valence-corrected chi connectivity index (χ2v) is 7.54. The van der Waals surface area contributed by atoms with Gasteiger partial charge in [0.1, 0.15) is 17.3 Å². The van der Waals surface area contributed by atoms with E-state index in [1.807, 2.05) is 55.5 Å². The van der Waals surface area contributed by atoms with Gasteiger partial charge in [0.25, 0.3) is 0 Å². The van der Waals surface area contributed by atoms with Gasteiger partial charge in [-0.15, -0.1) is 11.8 Å². The van der Waals surface area contributed by atoms with E-state index < -0.39 is 0 Å². The second kappa shape index (κ2) is 10.1. The maximum atomic E-state index is 9.17. The first-order valence-corrected chi connectivity index (χ1v) is 10.5. The molecule has 0 aliphatic carbocycles. The predicted molar refractivity (Wildman–Crippen MR) is 117 cm³/mol. The number of hydrogen-bond acceptors (Lipinski definition) is 6. The fourth-order valence-electron chi connectivity index (χ4n) is 2.79. The summed E-state index contributed by atoms with van der Waals surface area (Å²) in [7, 11) is 1.64. The minimum Gasteiger partial charge on any atom is -0.512 e. The quantitative estimate of drug-likeness (QED) is 0.439. The van der Waals surface area contributed by atoms with Crippen molar-refractivity contribution >= 4 is 11.8 Å². The first-order valence-electron chi connectivity index (χ1n) is 9.32. The van der Waals surface area contributed by atoms with E-state index in [4.69, 9.17) is 13.9 Å². The van der Waals surface area contributed by atoms with Gasteiger partial charge in [-0.2, -0.15) is 0 Å². The summed E-state index contributed by atoms with van der Waals surface area (Å²) in [6.07, 6.45) is 0.662. The van der Waals surface area contributed by atoms with Crippen LogP contribution in [-0.4, -0.2) is 29.6 Å². The lowest BCUT2D eigenvalue weighted by atomic mass is 10.2. The summed E-state index contributed by atoms with van der Waals surface area (Å²) >= 11 is 1.61. The van der Waals surface area contributed by atoms with Gasteiger partial charge in [0.05, 0.1) is 30.9 Å². The number of methoxy groups -OCH3 is 1. The Morgan fingerprint density at radius 2 is 1.97 bits per heavy atom. The van der Waals surface area contributed by atoms with Crippen molar-refractivity contribution < 1.29 is 19.0 Å². The van der Waals surface area contributed by atoms with Gasteiger partial charge in [-0.05, 0) is 48.9 Å². The highest BCUT2D eigenvalue weighted by Gasteiger charge is 2.12. The Bertz CT molecular complexity index is 950. The highest BCUT2D eigenvalue weighted by Crippen LogP contribution is 2.24. The molecular weight excluding hydrogens is 386 g/mol. The van der Waals surface area contributed by atoms with E-state index in [1.165, 1.54) is 0 Å². The van der Waals surface area contributed by atoms with Crippen LogP contribution in [0.2, 0.25) is 0 Å². The van der Waals surface area contributed by atoms with Crippen molar-refractivity contribution in [3.63, 3.8) is 0 Å². The lowest BCUT2D eigenvalue weighted by molar-refractivity contribution is 0.319. The normalized spacial score (nSPS) is 10.7. The molecule has 6 heteroatoms. The Balaban J connectivity index is 1.55. The number of thioether (sulfide) groups is 1. The zero-order chi connectivity index (χ0) is 20.6. The summed E-state index contributed by atoms with van der Waals surface area (Å²) in [5.74, 6) is 4.55. The van der Waals surface area contributed by atoms with Crippen molar-refractivity contribution in [1.82, 2.24) is 4.98 Å². The van der Waals surface area contributed by atoms with E-state index in [0.717, 1.165) is 39.8 Å². The Labute approximate surface area is 175 Å². The van der Waals surface area contributed by atoms with E-state index in [1.54, 1.807) is 18.9 Å². The molecule has 1 N–H and O–H groups in total. The van der Waals surface area contributed by atoms with Gasteiger partial charge in [0.15, 0.2) is 0 Å². The molecule has 0 unspecified atom stereocenters. The molecule has 2 aromatic carbocycles. The summed E-state index contributed by atoms with van der Waals surface area (Å²) in [6.45, 7) is 5.93. The number of oxazole rings is 1. The smallest absolute Gasteiger partial charge is 0.226 e. The second-order valence-electron chi connectivity index (χ2n) is 6.56. The molecular formula is C23H25NO4S. The molecule has 0 radical (unpaired) electrons. The van der Waals surface area contributed by atoms with Gasteiger partial charge in [-0.1, -0.05) is 18.7 Å². The largest absolute Gasteiger partial charge is 0.512 e. The van der Waals surface area contributed by atoms with Crippen LogP contribution in [0.4, 0.5) is 0 Å². The van der Waals surface area contributed by atoms with Crippen molar-refractivity contribution in [2.75, 3.05) is 19.5 Å². The SMILES string of the molecule is C=C(O)CSCc1cccc(OCCc2nc(-c3ccc(OC)cc3)oc2C)c1. The van der Waals surface area contributed by atoms with Crippen molar-refractivity contribution in [2.45, 2.75) is 19.1 Å². The van der Waals surface area contributed by atoms with Gasteiger partial charge in [0.2, 0.25) is 5.89 Å². The lowest BCUT2D eigenvalue weighted by Crippen LogP contribution is -2.03. The number of aliphatic hydroxyl groups is 1. The molecule has 1 aromatic heterocycles. The fourth-order valence-corrected chi connectivity index (χ4v) is 3.55. The van der Waals surface area contributed by atoms with Crippen molar-refractivity contribution in [3.8, 4) is 23.0 Å². The summed E-state index contributed by atoms with van der Waals surface area (Å²) in [4.78, 5) is 4.62. The van der Waals surface area contributed by atoms with Gasteiger partial charge in [-0.25, -0.2) is 4.98 Å². The van der Waals surface area contributed by atoms with Crippen LogP contribution in [0.5, 0.6) is 11.5 Å². The van der Waals surface area contributed by atoms with Crippen molar-refractivity contribution in [3.05, 3.63) is 77.9 Å². The van der Waals surface area contributed by atoms with E-state index in [-0.39, 0.29) is 5.76 Å². The number of aryl methyl sites for hydroxylation is 1. The van der Waals surface area contributed by atoms with E-state index in [9.17, 15) is 5.11 Å². The molecule has 5 nitrogen and oxygen atoms in total. The number of benzene rings is 2. The standard InChI is InChI=1S/C23H25NO4S/c1-16(25)14-29-15-18-5-4-6-21(13-18)27-12-11-22-17(2)28-23(24-22)19-7-9-20(26-3)10-8-19/h4-10,13,25H,1,11-12,14-15H2,2-3H3. The Kier molecular flexibility index (Phi) is 7.25. The molecule has 0 bridgehead atoms. The van der Waals surface area contributed by atoms with Crippen LogP contribution in [0.1, 0.15) is 17.0 Å². The Hall–Kier alpha value is -2.86. The van der Waals surface area contributed by atoms with Crippen LogP contribution in [-0.2, 0) is 12.2 Å². The predicted octanol–water partition coefficient (Wildman–Crippen LogP) is 5.59. The molecule has 0 aliphatic rings. The number of aromatic nitrogens is 1. The first-order chi connectivity index (χ1) is 14.0. The molecule has 0 atom stereocenters. The number of aliphatic hydroxyl groups excluding tert-OH is 1. The maximum absolute atomic E-state index is 9.17. The zero-order valence-corrected chi connectivity index (χ0v) is 17.5. The average molecular weight is 412 g/mol. The summed E-state index contributed by atoms with van der Waals surface area (Å²) < 4.78 is 16.9. The van der Waals surface area contributed by atoms with Crippen LogP contribution in [0.3, 0.4) is 0 Å². The van der Waals surface area contributed by atoms with Gasteiger partial charge >= 0.3 is 0 Å². The lowest BCUT2D eigenvalue weighted by Gasteiger charge is -2.07. The molecule has 1 heterocycles. The number of rotatable bonds is 10. The summed E-state index contributed by atoms with van der Waals surface area (Å²) in [5, 5.41) is 9.17. The van der Waals surface area contributed by atoms with Crippen molar-refractivity contribution in [2.24, 2.45) is 0 Å². The van der Waals surface area contributed by atoms with Crippen LogP contribution >= 0.6 is 11.8 Å². The van der Waals surface area contributed by atoms with Gasteiger partial charge in [0, 0.05) is 17.7 Å². The van der Waals surface area contributed by atoms with Gasteiger partial charge < -0.3 is 19.0 Å². The molecule has 0 aliphatic heterocycles. The molecule has 0 fully saturated rings. The number of hydrogen-bond donors (Lipinski definition) is 1. The molecule has 0 spiro atoms. The maximum Gasteiger partial charge on any atom is 0.226 e. The minimum absolute atomic E-state index is 0.194. The average Bonchev–Trinajstić information content (AvgIpc) is 3.09. The number of ether oxygens (including phenoxy) is 2. The minimum atomic E-state index is 0.194. The van der Waals surface area contributed by atoms with Crippen LogP contribution in [0.25, 0.3) is 11.5 Å². The Morgan fingerprint density at radius 3 is 2.69 bits per heavy atom. The van der Waals surface area contributed by atoms with E-state index >= 15 is 0 Å². The van der Waals surface area contributed by atoms with Crippen molar-refractivity contribution in [1.29, 1.82) is 0 Å². The third kappa shape index (κ3) is 6.06. The molecule has 3 rings (SSSR count). The molecule has 0 amide bonds. The zero-order valence-electron chi connectivity index (χ0n) is 16.7. The molecule has 3 aromatic rings. The molecule has 0 saturated carbocycles. The number of nitrogens with zero attached hydrogens (tertiary/aromatic N) is 1. The topological polar surface area (TPSA) is 64.7 Å². The highest BCUT2D eigenvalue weighted by atomic mass is 32.2. The third-order valence-corrected chi connectivity index (χ3v) is 5.35. The van der Waals surface area contributed by atoms with Crippen LogP contribution in [0.15, 0.2) is 65.3 Å². The van der Waals surface area contributed by atoms with Crippen LogP contribution < -0.4 is 9.47 Å². The monoisotopic (exact) mass is 411 g/mol. The van der Waals surface area contributed by atoms with E-state index in [2.05, 4.69) is 11.6 Å². The van der Waals surface area contributed by atoms with Crippen LogP contribution in [0, 0.1) is 6.92 Å². The molecule has 0 saturated heterocycles.